The van der Waals surface area contributed by atoms with Gasteiger partial charge in [0, 0.05) is 0 Å². The Balaban J connectivity index is 0.719. The molecule has 19 aromatic rings. The molecule has 19 rings (SSSR count). The van der Waals surface area contributed by atoms with Gasteiger partial charge in [-0.2, -0.15) is 0 Å². The molecule has 0 aliphatic rings. The van der Waals surface area contributed by atoms with Gasteiger partial charge in [-0.05, 0) is 249 Å². The van der Waals surface area contributed by atoms with Gasteiger partial charge in [-0.15, -0.1) is 0 Å². The molecule has 0 heterocycles. The van der Waals surface area contributed by atoms with Crippen LogP contribution in [0.3, 0.4) is 0 Å². The summed E-state index contributed by atoms with van der Waals surface area (Å²) >= 11 is 0. The van der Waals surface area contributed by atoms with Gasteiger partial charge < -0.3 is 15.3 Å². The molecule has 0 unspecified atom stereocenters. The summed E-state index contributed by atoms with van der Waals surface area (Å²) in [6, 6.07) is 161. The van der Waals surface area contributed by atoms with E-state index in [1.165, 1.54) is 0 Å². The highest BCUT2D eigenvalue weighted by Gasteiger charge is 2.32. The van der Waals surface area contributed by atoms with Crippen LogP contribution in [0.15, 0.2) is 455 Å². The normalized spacial score (nSPS) is 11.2. The first-order chi connectivity index (χ1) is 57.8. The first kappa shape index (κ1) is 71.9. The predicted molar refractivity (Wildman–Crippen MR) is 489 cm³/mol. The smallest absolute Gasteiger partial charge is 0.115 e. The molecule has 3 N–H and O–H groups in total. The van der Waals surface area contributed by atoms with Crippen molar-refractivity contribution >= 4 is 0 Å². The summed E-state index contributed by atoms with van der Waals surface area (Å²) in [6.45, 7) is 0. The number of rotatable bonds is 18. The van der Waals surface area contributed by atoms with Crippen molar-refractivity contribution in [3.63, 3.8) is 0 Å². The Morgan fingerprint density at radius 1 is 0.0940 bits per heavy atom. The summed E-state index contributed by atoms with van der Waals surface area (Å²) in [5, 5.41) is 33.0. The van der Waals surface area contributed by atoms with Crippen LogP contribution >= 0.6 is 0 Å². The molecule has 0 spiro atoms. The quantitative estimate of drug-likeness (QED) is 0.0802. The van der Waals surface area contributed by atoms with Crippen molar-refractivity contribution in [3.8, 4) is 218 Å². The van der Waals surface area contributed by atoms with Crippen LogP contribution in [-0.4, -0.2) is 15.3 Å². The Hall–Kier alpha value is -15.4. The molecular weight excluding hydrogens is 1420 g/mol. The van der Waals surface area contributed by atoms with Gasteiger partial charge >= 0.3 is 0 Å². The van der Waals surface area contributed by atoms with Crippen LogP contribution in [0, 0.1) is 0 Å². The number of phenolic OH excluding ortho intramolecular Hbond substituents is 3. The summed E-state index contributed by atoms with van der Waals surface area (Å²) in [5.41, 5.74) is 38.5. The second kappa shape index (κ2) is 32.0. The third kappa shape index (κ3) is 14.2. The van der Waals surface area contributed by atoms with Gasteiger partial charge in [0.25, 0.3) is 0 Å². The molecular formula is C114H78O3. The average molecular weight is 1500 g/mol. The fraction of sp³-hybridized carbons (Fsp3) is 0. The van der Waals surface area contributed by atoms with Crippen LogP contribution < -0.4 is 0 Å². The van der Waals surface area contributed by atoms with E-state index in [2.05, 4.69) is 406 Å². The second-order valence-corrected chi connectivity index (χ2v) is 29.7. The number of benzene rings is 19. The molecule has 117 heavy (non-hydrogen) atoms. The molecule has 3 heteroatoms. The van der Waals surface area contributed by atoms with E-state index in [1.807, 2.05) is 12.1 Å². The van der Waals surface area contributed by atoms with E-state index in [0.29, 0.717) is 0 Å². The van der Waals surface area contributed by atoms with Gasteiger partial charge in [0.05, 0.1) is 0 Å². The van der Waals surface area contributed by atoms with E-state index in [4.69, 9.17) is 0 Å². The van der Waals surface area contributed by atoms with Crippen LogP contribution in [-0.2, 0) is 0 Å². The highest BCUT2D eigenvalue weighted by Crippen LogP contribution is 2.59. The van der Waals surface area contributed by atoms with Gasteiger partial charge in [0.1, 0.15) is 17.2 Å². The largest absolute Gasteiger partial charge is 0.508 e. The molecule has 0 bridgehead atoms. The molecule has 0 aromatic heterocycles. The van der Waals surface area contributed by atoms with Crippen molar-refractivity contribution in [2.75, 3.05) is 0 Å². The highest BCUT2D eigenvalue weighted by atomic mass is 16.3. The molecule has 552 valence electrons. The number of hydrogen-bond acceptors (Lipinski definition) is 3. The van der Waals surface area contributed by atoms with E-state index >= 15 is 0 Å². The van der Waals surface area contributed by atoms with Crippen molar-refractivity contribution in [1.82, 2.24) is 0 Å². The zero-order valence-electron chi connectivity index (χ0n) is 64.1. The summed E-state index contributed by atoms with van der Waals surface area (Å²) in [7, 11) is 0. The van der Waals surface area contributed by atoms with Crippen LogP contribution in [0.1, 0.15) is 0 Å². The minimum atomic E-state index is 0.184. The zero-order chi connectivity index (χ0) is 78.5. The number of phenols is 3. The fourth-order valence-electron chi connectivity index (χ4n) is 17.2. The fourth-order valence-corrected chi connectivity index (χ4v) is 17.2. The van der Waals surface area contributed by atoms with Crippen molar-refractivity contribution in [2.24, 2.45) is 0 Å². The Kier molecular flexibility index (Phi) is 19.6. The minimum Gasteiger partial charge on any atom is -0.508 e. The number of hydrogen-bond donors (Lipinski definition) is 3. The maximum absolute atomic E-state index is 11.2. The van der Waals surface area contributed by atoms with Gasteiger partial charge in [-0.3, -0.25) is 0 Å². The summed E-state index contributed by atoms with van der Waals surface area (Å²) < 4.78 is 0. The van der Waals surface area contributed by atoms with Crippen molar-refractivity contribution in [2.45, 2.75) is 0 Å². The van der Waals surface area contributed by atoms with Crippen LogP contribution in [0.4, 0.5) is 0 Å². The lowest BCUT2D eigenvalue weighted by molar-refractivity contribution is 0.475. The maximum atomic E-state index is 11.2. The Morgan fingerprint density at radius 3 is 0.402 bits per heavy atom. The van der Waals surface area contributed by atoms with Crippen LogP contribution in [0.25, 0.3) is 200 Å². The number of aromatic hydroxyl groups is 3. The highest BCUT2D eigenvalue weighted by molar-refractivity contribution is 6.17. The molecule has 0 saturated heterocycles. The van der Waals surface area contributed by atoms with Crippen LogP contribution in [0.2, 0.25) is 0 Å². The topological polar surface area (TPSA) is 60.7 Å². The third-order valence-electron chi connectivity index (χ3n) is 22.6. The Morgan fingerprint density at radius 2 is 0.214 bits per heavy atom. The molecule has 19 aromatic carbocycles. The van der Waals surface area contributed by atoms with Gasteiger partial charge in [0.15, 0.2) is 0 Å². The van der Waals surface area contributed by atoms with E-state index in [0.717, 1.165) is 200 Å². The van der Waals surface area contributed by atoms with E-state index < -0.39 is 0 Å². The first-order valence-corrected chi connectivity index (χ1v) is 39.8. The maximum Gasteiger partial charge on any atom is 0.115 e. The Labute approximate surface area is 683 Å². The first-order valence-electron chi connectivity index (χ1n) is 39.8. The summed E-state index contributed by atoms with van der Waals surface area (Å²) in [4.78, 5) is 0. The summed E-state index contributed by atoms with van der Waals surface area (Å²) in [5.74, 6) is 0.593. The van der Waals surface area contributed by atoms with Crippen LogP contribution in [0.5, 0.6) is 17.2 Å². The standard InChI is InChI=1S/C114H78O3/c115-96-68-62-93(63-69-96)107-103(84-32-14-3-15-33-84)99(82-28-10-1-11-29-82)74-101(105(107)85-34-16-4-17-35-85)102-75-100(83-30-12-2-13-31-83)104(108(94-64-70-97(116)71-65-94)106(102)86-36-18-5-19-37-86)91-58-54-80(55-59-91)78-50-46-76(47-51-78)77-48-52-79(53-49-77)81-56-60-92(61-57-81)113-110(88-40-22-7-23-41-88)109(87-38-20-6-21-39-87)111(89-42-24-8-25-43-89)114(95-66-72-98(117)73-67-95)112(113)90-44-26-9-27-45-90/h1-75,115-117H. The van der Waals surface area contributed by atoms with Gasteiger partial charge in [-0.1, -0.05) is 406 Å². The van der Waals surface area contributed by atoms with Crippen molar-refractivity contribution < 1.29 is 15.3 Å². The Bertz CT molecular complexity index is 6710. The minimum absolute atomic E-state index is 0.184. The molecule has 0 fully saturated rings. The molecule has 0 aliphatic heterocycles. The lowest BCUT2D eigenvalue weighted by atomic mass is 9.74. The molecule has 3 nitrogen and oxygen atoms in total. The van der Waals surface area contributed by atoms with Gasteiger partial charge in [0.2, 0.25) is 0 Å². The predicted octanol–water partition coefficient (Wildman–Crippen LogP) is 30.8. The molecule has 0 atom stereocenters. The zero-order valence-corrected chi connectivity index (χ0v) is 64.1. The van der Waals surface area contributed by atoms with E-state index in [1.54, 1.807) is 36.4 Å². The third-order valence-corrected chi connectivity index (χ3v) is 22.6. The van der Waals surface area contributed by atoms with Crippen molar-refractivity contribution in [3.05, 3.63) is 455 Å². The lowest BCUT2D eigenvalue weighted by Gasteiger charge is -2.29. The van der Waals surface area contributed by atoms with E-state index in [-0.39, 0.29) is 17.2 Å². The van der Waals surface area contributed by atoms with E-state index in [9.17, 15) is 15.3 Å². The lowest BCUT2D eigenvalue weighted by Crippen LogP contribution is -2.02. The molecule has 0 aliphatic carbocycles. The molecule has 0 radical (unpaired) electrons. The summed E-state index contributed by atoms with van der Waals surface area (Å²) in [6.07, 6.45) is 0. The second-order valence-electron chi connectivity index (χ2n) is 29.7. The van der Waals surface area contributed by atoms with Crippen molar-refractivity contribution in [1.29, 1.82) is 0 Å². The monoisotopic (exact) mass is 1490 g/mol. The van der Waals surface area contributed by atoms with Gasteiger partial charge in [-0.25, -0.2) is 0 Å². The molecule has 0 amide bonds. The molecule has 0 saturated carbocycles. The average Bonchev–Trinajstić information content (AvgIpc) is 0.722. The SMILES string of the molecule is Oc1ccc(-c2c(-c3ccccc3)c(-c3ccccc3)cc(-c3cc(-c4ccccc4)c(-c4ccc(-c5ccc(-c6ccc(-c7ccc(-c8c(-c9ccccc9)c(-c9ccccc9)c(-c9ccccc9)c(-c9ccc(O)cc9)c8-c8ccccc8)cc7)cc6)cc5)cc4)c(-c4ccc(O)cc4)c3-c3ccccc3)c2-c2ccccc2)cc1.